The fourth-order valence-corrected chi connectivity index (χ4v) is 3.94. The lowest BCUT2D eigenvalue weighted by atomic mass is 9.84. The molecule has 0 atom stereocenters. The highest BCUT2D eigenvalue weighted by atomic mass is 32.1. The topological polar surface area (TPSA) is 12.0 Å². The number of aryl methyl sites for hydroxylation is 3. The van der Waals surface area contributed by atoms with E-state index in [9.17, 15) is 0 Å². The summed E-state index contributed by atoms with van der Waals surface area (Å²) in [6.45, 7) is 2.18. The molecule has 0 heterocycles. The Bertz CT molecular complexity index is 970. The van der Waals surface area contributed by atoms with Gasteiger partial charge in [0.15, 0.2) is 0 Å². The molecule has 2 heteroatoms. The zero-order valence-electron chi connectivity index (χ0n) is 15.7. The van der Waals surface area contributed by atoms with Crippen LogP contribution in [0.4, 0.5) is 5.69 Å². The monoisotopic (exact) mass is 371 g/mol. The van der Waals surface area contributed by atoms with Crippen molar-refractivity contribution in [1.82, 2.24) is 0 Å². The van der Waals surface area contributed by atoms with Gasteiger partial charge in [0.05, 0.1) is 0 Å². The van der Waals surface area contributed by atoms with Crippen molar-refractivity contribution in [2.75, 3.05) is 5.32 Å². The van der Waals surface area contributed by atoms with Crippen LogP contribution in [0, 0.1) is 0 Å². The van der Waals surface area contributed by atoms with Gasteiger partial charge >= 0.3 is 0 Å². The van der Waals surface area contributed by atoms with Crippen molar-refractivity contribution in [3.8, 4) is 11.1 Å². The molecular weight excluding hydrogens is 346 g/mol. The fourth-order valence-electron chi connectivity index (χ4n) is 3.74. The van der Waals surface area contributed by atoms with E-state index in [1.54, 1.807) is 0 Å². The summed E-state index contributed by atoms with van der Waals surface area (Å²) in [6.07, 6.45) is 7.46. The number of anilines is 1. The van der Waals surface area contributed by atoms with E-state index in [2.05, 4.69) is 91.6 Å². The smallest absolute Gasteiger partial charge is 0.0379 e. The van der Waals surface area contributed by atoms with Gasteiger partial charge in [-0.1, -0.05) is 55.5 Å². The molecule has 0 saturated heterocycles. The van der Waals surface area contributed by atoms with Crippen LogP contribution in [-0.4, -0.2) is 0 Å². The second kappa shape index (κ2) is 8.06. The van der Waals surface area contributed by atoms with E-state index < -0.39 is 0 Å². The molecule has 1 aliphatic carbocycles. The van der Waals surface area contributed by atoms with Crippen LogP contribution in [0.15, 0.2) is 66.9 Å². The first kappa shape index (κ1) is 17.9. The molecule has 1 nitrogen and oxygen atoms in total. The Morgan fingerprint density at radius 1 is 0.852 bits per heavy atom. The van der Waals surface area contributed by atoms with Gasteiger partial charge in [-0.15, -0.1) is 0 Å². The fraction of sp³-hybridized carbons (Fsp3) is 0.200. The van der Waals surface area contributed by atoms with E-state index in [1.165, 1.54) is 38.9 Å². The molecule has 0 unspecified atom stereocenters. The van der Waals surface area contributed by atoms with Crippen LogP contribution < -0.4 is 5.32 Å². The van der Waals surface area contributed by atoms with Gasteiger partial charge in [0.25, 0.3) is 0 Å². The van der Waals surface area contributed by atoms with E-state index in [-0.39, 0.29) is 0 Å². The zero-order valence-corrected chi connectivity index (χ0v) is 16.6. The molecule has 0 amide bonds. The predicted molar refractivity (Wildman–Crippen MR) is 120 cm³/mol. The molecule has 3 aromatic carbocycles. The second-order valence-corrected chi connectivity index (χ2v) is 7.41. The minimum atomic E-state index is 0.804. The molecule has 4 rings (SSSR count). The van der Waals surface area contributed by atoms with Gasteiger partial charge in [0.1, 0.15) is 0 Å². The number of thiol groups is 1. The van der Waals surface area contributed by atoms with Crippen molar-refractivity contribution in [2.24, 2.45) is 0 Å². The largest absolute Gasteiger partial charge is 0.362 e. The summed E-state index contributed by atoms with van der Waals surface area (Å²) < 4.78 is 0. The normalized spacial score (nSPS) is 12.7. The number of benzene rings is 3. The van der Waals surface area contributed by atoms with Gasteiger partial charge in [-0.05, 0) is 76.4 Å². The van der Waals surface area contributed by atoms with Crippen LogP contribution in [0.2, 0.25) is 0 Å². The van der Waals surface area contributed by atoms with Crippen molar-refractivity contribution < 1.29 is 0 Å². The molecule has 27 heavy (non-hydrogen) atoms. The lowest BCUT2D eigenvalue weighted by Gasteiger charge is -2.21. The van der Waals surface area contributed by atoms with Crippen molar-refractivity contribution in [3.05, 3.63) is 94.7 Å². The quantitative estimate of drug-likeness (QED) is 0.486. The average molecular weight is 372 g/mol. The highest BCUT2D eigenvalue weighted by molar-refractivity contribution is 7.79. The van der Waals surface area contributed by atoms with Gasteiger partial charge in [-0.25, -0.2) is 0 Å². The molecular formula is C25H25NS. The number of hydrogen-bond acceptors (Lipinski definition) is 2. The third kappa shape index (κ3) is 3.96. The first-order valence-corrected chi connectivity index (χ1v) is 10.3. The molecule has 0 spiro atoms. The number of rotatable bonds is 5. The Balaban J connectivity index is 1.51. The summed E-state index contributed by atoms with van der Waals surface area (Å²) >= 11 is 4.40. The van der Waals surface area contributed by atoms with Gasteiger partial charge in [0, 0.05) is 17.6 Å². The Kier molecular flexibility index (Phi) is 5.35. The molecule has 136 valence electrons. The minimum Gasteiger partial charge on any atom is -0.362 e. The third-order valence-corrected chi connectivity index (χ3v) is 5.69. The van der Waals surface area contributed by atoms with E-state index >= 15 is 0 Å². The summed E-state index contributed by atoms with van der Waals surface area (Å²) in [5, 5.41) is 3.37. The van der Waals surface area contributed by atoms with Crippen LogP contribution in [0.5, 0.6) is 0 Å². The molecule has 0 aliphatic heterocycles. The molecule has 3 aromatic rings. The highest BCUT2D eigenvalue weighted by Gasteiger charge is 2.16. The summed E-state index contributed by atoms with van der Waals surface area (Å²) in [7, 11) is 0. The molecule has 0 saturated carbocycles. The third-order valence-electron chi connectivity index (χ3n) is 5.32. The second-order valence-electron chi connectivity index (χ2n) is 7.09. The van der Waals surface area contributed by atoms with Gasteiger partial charge in [-0.2, -0.15) is 12.6 Å². The molecule has 1 N–H and O–H groups in total. The summed E-state index contributed by atoms with van der Waals surface area (Å²) in [5.41, 5.74) is 10.7. The lowest BCUT2D eigenvalue weighted by molar-refractivity contribution is 0.939. The SMILES string of the molecule is CCc1ccc(N/C=C/c2ccc3c(c2)CCc2cc(CS)ccc2-3)cc1. The number of fused-ring (bicyclic) bond motifs is 3. The van der Waals surface area contributed by atoms with Crippen molar-refractivity contribution in [2.45, 2.75) is 31.9 Å². The first-order valence-electron chi connectivity index (χ1n) is 9.65. The minimum absolute atomic E-state index is 0.804. The Hall–Kier alpha value is -2.45. The number of hydrogen-bond donors (Lipinski definition) is 2. The highest BCUT2D eigenvalue weighted by Crippen LogP contribution is 2.35. The standard InChI is InChI=1S/C25H25NS/c1-2-18-3-9-23(10-4-18)26-14-13-19-5-11-24-21(15-19)7-8-22-16-20(17-27)6-12-25(22)24/h3-6,9-16,26-27H,2,7-8,17H2,1H3/b14-13+. The van der Waals surface area contributed by atoms with Crippen LogP contribution in [0.3, 0.4) is 0 Å². The maximum absolute atomic E-state index is 4.40. The summed E-state index contributed by atoms with van der Waals surface area (Å²) in [6, 6.07) is 22.2. The van der Waals surface area contributed by atoms with Crippen molar-refractivity contribution in [3.63, 3.8) is 0 Å². The molecule has 0 radical (unpaired) electrons. The van der Waals surface area contributed by atoms with Gasteiger partial charge < -0.3 is 5.32 Å². The molecule has 0 fully saturated rings. The molecule has 0 bridgehead atoms. The van der Waals surface area contributed by atoms with E-state index in [0.29, 0.717) is 0 Å². The van der Waals surface area contributed by atoms with Crippen LogP contribution in [0.25, 0.3) is 17.2 Å². The average Bonchev–Trinajstić information content (AvgIpc) is 2.73. The van der Waals surface area contributed by atoms with Crippen molar-refractivity contribution in [1.29, 1.82) is 0 Å². The van der Waals surface area contributed by atoms with Crippen LogP contribution in [-0.2, 0) is 25.0 Å². The van der Waals surface area contributed by atoms with E-state index in [0.717, 1.165) is 30.7 Å². The zero-order chi connectivity index (χ0) is 18.6. The first-order chi connectivity index (χ1) is 13.3. The maximum Gasteiger partial charge on any atom is 0.0379 e. The lowest BCUT2D eigenvalue weighted by Crippen LogP contribution is -2.04. The predicted octanol–water partition coefficient (Wildman–Crippen LogP) is 6.53. The van der Waals surface area contributed by atoms with Crippen LogP contribution in [0.1, 0.15) is 34.7 Å². The summed E-state index contributed by atoms with van der Waals surface area (Å²) in [5.74, 6) is 0.804. The molecule has 1 aliphatic rings. The van der Waals surface area contributed by atoms with E-state index in [1.807, 2.05) is 6.20 Å². The van der Waals surface area contributed by atoms with Gasteiger partial charge in [-0.3, -0.25) is 0 Å². The van der Waals surface area contributed by atoms with Crippen molar-refractivity contribution >= 4 is 24.4 Å². The number of nitrogens with one attached hydrogen (secondary N) is 1. The van der Waals surface area contributed by atoms with Crippen LogP contribution >= 0.6 is 12.6 Å². The van der Waals surface area contributed by atoms with Gasteiger partial charge in [0.2, 0.25) is 0 Å². The summed E-state index contributed by atoms with van der Waals surface area (Å²) in [4.78, 5) is 0. The molecule has 0 aromatic heterocycles. The Morgan fingerprint density at radius 3 is 2.22 bits per heavy atom. The Morgan fingerprint density at radius 2 is 1.52 bits per heavy atom. The maximum atomic E-state index is 4.40. The Labute approximate surface area is 167 Å². The van der Waals surface area contributed by atoms with E-state index in [4.69, 9.17) is 0 Å².